The molecule has 7 heterocycles. The van der Waals surface area contributed by atoms with Gasteiger partial charge in [0.25, 0.3) is 0 Å². The van der Waals surface area contributed by atoms with Gasteiger partial charge in [-0.3, -0.25) is 15.0 Å². The number of thioether (sulfide) groups is 1. The molecule has 3 aromatic rings. The van der Waals surface area contributed by atoms with Crippen LogP contribution >= 0.6 is 11.8 Å². The summed E-state index contributed by atoms with van der Waals surface area (Å²) >= 11 is 1.56. The number of methoxy groups -OCH3 is 2. The summed E-state index contributed by atoms with van der Waals surface area (Å²) in [5, 5.41) is 29.5. The predicted molar refractivity (Wildman–Crippen MR) is 189 cm³/mol. The zero-order valence-electron chi connectivity index (χ0n) is 29.6. The van der Waals surface area contributed by atoms with Crippen molar-refractivity contribution in [2.75, 3.05) is 46.5 Å². The Morgan fingerprint density at radius 1 is 1.02 bits per heavy atom. The lowest BCUT2D eigenvalue weighted by molar-refractivity contribution is -0.155. The lowest BCUT2D eigenvalue weighted by Crippen LogP contribution is -2.65. The third-order valence-corrected chi connectivity index (χ3v) is 13.1. The molecule has 1 spiro atoms. The highest BCUT2D eigenvalue weighted by molar-refractivity contribution is 7.99. The quantitative estimate of drug-likeness (QED) is 0.228. The van der Waals surface area contributed by atoms with Crippen molar-refractivity contribution >= 4 is 23.7 Å². The second-order valence-corrected chi connectivity index (χ2v) is 15.6. The fourth-order valence-electron chi connectivity index (χ4n) is 9.58. The molecule has 52 heavy (non-hydrogen) atoms. The van der Waals surface area contributed by atoms with E-state index in [1.54, 1.807) is 31.0 Å². The highest BCUT2D eigenvalue weighted by atomic mass is 32.2. The van der Waals surface area contributed by atoms with Crippen molar-refractivity contribution in [1.82, 2.24) is 15.5 Å². The number of aromatic hydroxyl groups is 2. The molecule has 13 nitrogen and oxygen atoms in total. The number of esters is 2. The van der Waals surface area contributed by atoms with E-state index in [1.807, 2.05) is 13.8 Å². The first-order chi connectivity index (χ1) is 25.1. The second kappa shape index (κ2) is 12.1. The number of fused-ring (bicyclic) bond motifs is 9. The zero-order valence-corrected chi connectivity index (χ0v) is 30.4. The molecule has 7 aliphatic rings. The maximum Gasteiger partial charge on any atom is 0.331 e. The van der Waals surface area contributed by atoms with E-state index in [1.165, 1.54) is 14.0 Å². The summed E-state index contributed by atoms with van der Waals surface area (Å²) in [5.41, 5.74) is 5.13. The summed E-state index contributed by atoms with van der Waals surface area (Å²) < 4.78 is 36.0. The first-order valence-corrected chi connectivity index (χ1v) is 18.6. The molecule has 2 fully saturated rings. The molecule has 0 saturated carbocycles. The van der Waals surface area contributed by atoms with E-state index in [0.717, 1.165) is 33.4 Å². The molecule has 6 unspecified atom stereocenters. The average Bonchev–Trinajstić information content (AvgIpc) is 3.61. The molecule has 7 aliphatic heterocycles. The zero-order chi connectivity index (χ0) is 36.2. The van der Waals surface area contributed by atoms with E-state index in [-0.39, 0.29) is 54.5 Å². The van der Waals surface area contributed by atoms with Gasteiger partial charge in [-0.1, -0.05) is 6.07 Å². The van der Waals surface area contributed by atoms with Crippen LogP contribution in [-0.4, -0.2) is 85.6 Å². The van der Waals surface area contributed by atoms with Gasteiger partial charge in [-0.05, 0) is 61.1 Å². The number of piperazine rings is 1. The molecule has 3 aromatic carbocycles. The van der Waals surface area contributed by atoms with Crippen LogP contribution in [0.5, 0.6) is 40.2 Å². The number of hydrogen-bond acceptors (Lipinski definition) is 14. The van der Waals surface area contributed by atoms with Crippen LogP contribution in [0.15, 0.2) is 18.2 Å². The smallest absolute Gasteiger partial charge is 0.331 e. The van der Waals surface area contributed by atoms with Crippen LogP contribution in [0, 0.1) is 13.8 Å². The van der Waals surface area contributed by atoms with Gasteiger partial charge < -0.3 is 44.0 Å². The van der Waals surface area contributed by atoms with Crippen LogP contribution in [-0.2, 0) is 32.7 Å². The summed E-state index contributed by atoms with van der Waals surface area (Å²) in [6, 6.07) is 4.36. The summed E-state index contributed by atoms with van der Waals surface area (Å²) in [4.78, 5) is 29.8. The first kappa shape index (κ1) is 33.5. The number of nitrogens with zero attached hydrogens (tertiary/aromatic N) is 1. The molecule has 14 heteroatoms. The molecule has 0 aromatic heterocycles. The average molecular weight is 732 g/mol. The molecule has 6 atom stereocenters. The summed E-state index contributed by atoms with van der Waals surface area (Å²) in [7, 11) is 3.04. The van der Waals surface area contributed by atoms with E-state index < -0.39 is 28.8 Å². The molecule has 0 radical (unpaired) electrons. The van der Waals surface area contributed by atoms with E-state index >= 15 is 0 Å². The normalized spacial score (nSPS) is 28.2. The third-order valence-electron chi connectivity index (χ3n) is 11.7. The van der Waals surface area contributed by atoms with E-state index in [0.29, 0.717) is 60.1 Å². The van der Waals surface area contributed by atoms with E-state index in [2.05, 4.69) is 21.6 Å². The summed E-state index contributed by atoms with van der Waals surface area (Å²) in [6.07, 6.45) is 1.29. The van der Waals surface area contributed by atoms with E-state index in [9.17, 15) is 19.8 Å². The van der Waals surface area contributed by atoms with Gasteiger partial charge in [-0.25, -0.2) is 4.79 Å². The van der Waals surface area contributed by atoms with Gasteiger partial charge in [0.05, 0.1) is 31.6 Å². The SMILES string of the molecule is COc1cc2c(cc1O)CCNC21CSC2c3c(OC(C)=O)c(C)c4c(c3C(COC1=O)N1CC3Cc5cc(C)c(OC)c(O)c5C(N3)C21)OCO4. The van der Waals surface area contributed by atoms with Crippen LogP contribution in [0.2, 0.25) is 0 Å². The van der Waals surface area contributed by atoms with Crippen LogP contribution in [0.3, 0.4) is 0 Å². The monoisotopic (exact) mass is 731 g/mol. The van der Waals surface area contributed by atoms with Crippen molar-refractivity contribution in [3.8, 4) is 40.2 Å². The molecule has 2 saturated heterocycles. The number of carbonyl (C=O) groups is 2. The number of carbonyl (C=O) groups excluding carboxylic acids is 2. The van der Waals surface area contributed by atoms with E-state index in [4.69, 9.17) is 28.4 Å². The van der Waals surface area contributed by atoms with Crippen molar-refractivity contribution in [2.45, 2.75) is 68.6 Å². The number of hydrogen-bond donors (Lipinski definition) is 4. The minimum absolute atomic E-state index is 0.00431. The van der Waals surface area contributed by atoms with Gasteiger partial charge in [0.1, 0.15) is 12.4 Å². The van der Waals surface area contributed by atoms with Crippen molar-refractivity contribution in [3.05, 3.63) is 62.7 Å². The number of phenols is 2. The second-order valence-electron chi connectivity index (χ2n) is 14.4. The van der Waals surface area contributed by atoms with Crippen LogP contribution in [0.25, 0.3) is 0 Å². The Morgan fingerprint density at radius 2 is 1.83 bits per heavy atom. The van der Waals surface area contributed by atoms with Crippen molar-refractivity contribution in [2.24, 2.45) is 0 Å². The molecule has 274 valence electrons. The molecule has 4 bridgehead atoms. The Morgan fingerprint density at radius 3 is 2.60 bits per heavy atom. The van der Waals surface area contributed by atoms with Crippen molar-refractivity contribution in [3.63, 3.8) is 0 Å². The minimum Gasteiger partial charge on any atom is -0.504 e. The van der Waals surface area contributed by atoms with Gasteiger partial charge in [-0.2, -0.15) is 0 Å². The number of aryl methyl sites for hydroxylation is 1. The largest absolute Gasteiger partial charge is 0.504 e. The first-order valence-electron chi connectivity index (χ1n) is 17.6. The Balaban J connectivity index is 1.29. The van der Waals surface area contributed by atoms with Crippen LogP contribution in [0.4, 0.5) is 0 Å². The highest BCUT2D eigenvalue weighted by Gasteiger charge is 2.57. The fraction of sp³-hybridized carbons (Fsp3) is 0.474. The van der Waals surface area contributed by atoms with Gasteiger partial charge in [0.2, 0.25) is 6.79 Å². The van der Waals surface area contributed by atoms with Crippen molar-refractivity contribution < 1.29 is 48.2 Å². The summed E-state index contributed by atoms with van der Waals surface area (Å²) in [6.45, 7) is 6.28. The molecule has 0 amide bonds. The Labute approximate surface area is 304 Å². The topological polar surface area (TPSA) is 157 Å². The fourth-order valence-corrected chi connectivity index (χ4v) is 11.3. The number of nitrogens with one attached hydrogen (secondary N) is 2. The lowest BCUT2D eigenvalue weighted by Gasteiger charge is -2.57. The maximum atomic E-state index is 14.6. The highest BCUT2D eigenvalue weighted by Crippen LogP contribution is 2.62. The Bertz CT molecular complexity index is 2060. The number of phenolic OH excluding ortho intramolecular Hbond substituents is 2. The number of rotatable bonds is 3. The predicted octanol–water partition coefficient (Wildman–Crippen LogP) is 3.75. The molecular formula is C38H41N3O10S. The van der Waals surface area contributed by atoms with Gasteiger partial charge in [-0.15, -0.1) is 11.8 Å². The Hall–Kier alpha value is -4.37. The molecule has 4 N–H and O–H groups in total. The molecule has 10 rings (SSSR count). The number of ether oxygens (including phenoxy) is 6. The van der Waals surface area contributed by atoms with Gasteiger partial charge >= 0.3 is 11.9 Å². The van der Waals surface area contributed by atoms with Crippen molar-refractivity contribution in [1.29, 1.82) is 0 Å². The summed E-state index contributed by atoms with van der Waals surface area (Å²) in [5.74, 6) is 1.60. The molecular weight excluding hydrogens is 690 g/mol. The van der Waals surface area contributed by atoms with Gasteiger partial charge in [0, 0.05) is 60.1 Å². The lowest BCUT2D eigenvalue weighted by atomic mass is 9.74. The standard InChI is InChI=1S/C38H41N3O10S/c1-16-8-20-9-21-12-41-23-13-48-37(45)38(22-11-25(46-4)24(43)10-19(22)6-7-39-38)14-52-36(30(41)29(40-21)26(20)31(44)32(16)47-5)28-27(23)35-34(49-15-50-35)17(2)33(28)51-18(3)42/h8,10-11,21,23,29-30,36,39-40,43-44H,6-7,9,12-15H2,1-5H3. The van der Waals surface area contributed by atoms with Gasteiger partial charge in [0.15, 0.2) is 40.0 Å². The minimum atomic E-state index is -1.29. The third kappa shape index (κ3) is 4.66. The maximum absolute atomic E-state index is 14.6. The number of benzene rings is 3. The Kier molecular flexibility index (Phi) is 7.78. The molecule has 0 aliphatic carbocycles. The van der Waals surface area contributed by atoms with Crippen LogP contribution in [0.1, 0.15) is 68.8 Å². The van der Waals surface area contributed by atoms with Crippen LogP contribution < -0.4 is 34.3 Å².